The van der Waals surface area contributed by atoms with E-state index >= 15 is 0 Å². The first-order valence-corrected chi connectivity index (χ1v) is 8.81. The van der Waals surface area contributed by atoms with Crippen molar-refractivity contribution in [3.8, 4) is 16.9 Å². The van der Waals surface area contributed by atoms with Crippen LogP contribution in [0.25, 0.3) is 17.2 Å². The van der Waals surface area contributed by atoms with Crippen LogP contribution in [-0.2, 0) is 9.59 Å². The minimum Gasteiger partial charge on any atom is -0.483 e. The largest absolute Gasteiger partial charge is 0.483 e. The number of nitrogens with one attached hydrogen (secondary N) is 2. The van der Waals surface area contributed by atoms with Gasteiger partial charge in [-0.2, -0.15) is 0 Å². The number of hydrazine groups is 1. The van der Waals surface area contributed by atoms with Gasteiger partial charge in [-0.15, -0.1) is 0 Å². The molecule has 0 unspecified atom stereocenters. The average molecular weight is 407 g/mol. The number of amides is 2. The third kappa shape index (κ3) is 5.55. The Hall–Kier alpha value is -4.40. The van der Waals surface area contributed by atoms with Gasteiger partial charge in [-0.25, -0.2) is 0 Å². The summed E-state index contributed by atoms with van der Waals surface area (Å²) >= 11 is 0. The molecule has 0 saturated heterocycles. The predicted molar refractivity (Wildman–Crippen MR) is 108 cm³/mol. The zero-order valence-electron chi connectivity index (χ0n) is 15.6. The summed E-state index contributed by atoms with van der Waals surface area (Å²) in [5, 5.41) is 10.5. The lowest BCUT2D eigenvalue weighted by molar-refractivity contribution is -0.402. The molecule has 0 atom stereocenters. The van der Waals surface area contributed by atoms with Crippen molar-refractivity contribution >= 4 is 23.8 Å². The molecule has 2 amide bonds. The molecule has 1 heterocycles. The van der Waals surface area contributed by atoms with Crippen molar-refractivity contribution in [1.82, 2.24) is 10.9 Å². The summed E-state index contributed by atoms with van der Waals surface area (Å²) in [4.78, 5) is 33.6. The maximum Gasteiger partial charge on any atom is 0.433 e. The van der Waals surface area contributed by atoms with E-state index < -0.39 is 22.6 Å². The Morgan fingerprint density at radius 3 is 2.47 bits per heavy atom. The maximum atomic E-state index is 12.0. The normalized spacial score (nSPS) is 10.5. The monoisotopic (exact) mass is 407 g/mol. The molecule has 152 valence electrons. The van der Waals surface area contributed by atoms with Crippen molar-refractivity contribution in [3.05, 3.63) is 88.7 Å². The summed E-state index contributed by atoms with van der Waals surface area (Å²) in [5.74, 6) is -0.981. The minimum absolute atomic E-state index is 0.129. The Morgan fingerprint density at radius 2 is 1.73 bits per heavy atom. The van der Waals surface area contributed by atoms with E-state index in [-0.39, 0.29) is 12.4 Å². The van der Waals surface area contributed by atoms with E-state index in [2.05, 4.69) is 10.9 Å². The number of nitro groups is 1. The van der Waals surface area contributed by atoms with Crippen LogP contribution in [0.1, 0.15) is 5.76 Å². The third-order valence-corrected chi connectivity index (χ3v) is 3.85. The lowest BCUT2D eigenvalue weighted by atomic mass is 10.1. The summed E-state index contributed by atoms with van der Waals surface area (Å²) in [6, 6.07) is 19.4. The molecular formula is C21H17N3O6. The number of para-hydroxylation sites is 1. The Kier molecular flexibility index (Phi) is 6.57. The Labute approximate surface area is 171 Å². The number of furan rings is 1. The van der Waals surface area contributed by atoms with Gasteiger partial charge in [0.15, 0.2) is 6.61 Å². The highest BCUT2D eigenvalue weighted by molar-refractivity contribution is 5.93. The van der Waals surface area contributed by atoms with Crippen LogP contribution in [0.15, 0.2) is 77.2 Å². The Morgan fingerprint density at radius 1 is 1.00 bits per heavy atom. The first-order valence-electron chi connectivity index (χ1n) is 8.81. The highest BCUT2D eigenvalue weighted by Gasteiger charge is 2.11. The number of rotatable bonds is 7. The molecule has 0 bridgehead atoms. The van der Waals surface area contributed by atoms with Gasteiger partial charge < -0.3 is 9.15 Å². The van der Waals surface area contributed by atoms with Gasteiger partial charge in [0.05, 0.1) is 6.07 Å². The quantitative estimate of drug-likeness (QED) is 0.352. The lowest BCUT2D eigenvalue weighted by Gasteiger charge is -2.11. The summed E-state index contributed by atoms with van der Waals surface area (Å²) in [7, 11) is 0. The van der Waals surface area contributed by atoms with Gasteiger partial charge in [-0.3, -0.25) is 30.6 Å². The molecule has 0 aliphatic rings. The van der Waals surface area contributed by atoms with Crippen LogP contribution in [0, 0.1) is 10.1 Å². The summed E-state index contributed by atoms with van der Waals surface area (Å²) in [5.41, 5.74) is 6.19. The van der Waals surface area contributed by atoms with Crippen molar-refractivity contribution in [2.24, 2.45) is 0 Å². The molecule has 0 aliphatic carbocycles. The molecule has 2 aromatic carbocycles. The van der Waals surface area contributed by atoms with E-state index in [1.54, 1.807) is 12.1 Å². The fourth-order valence-corrected chi connectivity index (χ4v) is 2.49. The number of carbonyl (C=O) groups excluding carboxylic acids is 2. The van der Waals surface area contributed by atoms with E-state index in [1.807, 2.05) is 42.5 Å². The van der Waals surface area contributed by atoms with Crippen molar-refractivity contribution in [2.75, 3.05) is 6.61 Å². The molecule has 2 N–H and O–H groups in total. The second kappa shape index (κ2) is 9.69. The van der Waals surface area contributed by atoms with Gasteiger partial charge in [-0.05, 0) is 23.8 Å². The fraction of sp³-hybridized carbons (Fsp3) is 0.0476. The highest BCUT2D eigenvalue weighted by atomic mass is 16.6. The topological polar surface area (TPSA) is 124 Å². The van der Waals surface area contributed by atoms with E-state index in [0.29, 0.717) is 5.75 Å². The molecule has 0 radical (unpaired) electrons. The Balaban J connectivity index is 1.49. The van der Waals surface area contributed by atoms with Crippen molar-refractivity contribution in [3.63, 3.8) is 0 Å². The van der Waals surface area contributed by atoms with Crippen molar-refractivity contribution < 1.29 is 23.7 Å². The fourth-order valence-electron chi connectivity index (χ4n) is 2.49. The van der Waals surface area contributed by atoms with Crippen LogP contribution in [0.3, 0.4) is 0 Å². The molecule has 9 heteroatoms. The van der Waals surface area contributed by atoms with E-state index in [1.165, 1.54) is 18.2 Å². The van der Waals surface area contributed by atoms with Crippen LogP contribution in [0.2, 0.25) is 0 Å². The van der Waals surface area contributed by atoms with Gasteiger partial charge >= 0.3 is 5.88 Å². The van der Waals surface area contributed by atoms with Gasteiger partial charge in [0.1, 0.15) is 16.4 Å². The summed E-state index contributed by atoms with van der Waals surface area (Å²) in [6.07, 6.45) is 2.30. The van der Waals surface area contributed by atoms with E-state index in [9.17, 15) is 19.7 Å². The number of nitrogens with zero attached hydrogens (tertiary/aromatic N) is 1. The predicted octanol–water partition coefficient (Wildman–Crippen LogP) is 3.09. The molecule has 30 heavy (non-hydrogen) atoms. The lowest BCUT2D eigenvalue weighted by Crippen LogP contribution is -2.43. The summed E-state index contributed by atoms with van der Waals surface area (Å²) in [6.45, 7) is -0.307. The second-order valence-electron chi connectivity index (χ2n) is 5.95. The molecule has 0 spiro atoms. The van der Waals surface area contributed by atoms with Gasteiger partial charge in [0.25, 0.3) is 11.8 Å². The van der Waals surface area contributed by atoms with Gasteiger partial charge in [-0.1, -0.05) is 48.5 Å². The van der Waals surface area contributed by atoms with Crippen LogP contribution < -0.4 is 15.6 Å². The third-order valence-electron chi connectivity index (χ3n) is 3.85. The summed E-state index contributed by atoms with van der Waals surface area (Å²) < 4.78 is 10.5. The molecule has 9 nitrogen and oxygen atoms in total. The van der Waals surface area contributed by atoms with Gasteiger partial charge in [0.2, 0.25) is 0 Å². The van der Waals surface area contributed by atoms with E-state index in [0.717, 1.165) is 17.2 Å². The highest BCUT2D eigenvalue weighted by Crippen LogP contribution is 2.29. The number of benzene rings is 2. The molecule has 3 aromatic rings. The number of carbonyl (C=O) groups is 2. The SMILES string of the molecule is O=C(/C=C/c1ccc([N+](=O)[O-])o1)NNC(=O)COc1ccccc1-c1ccccc1. The molecule has 0 saturated carbocycles. The van der Waals surface area contributed by atoms with Crippen LogP contribution in [-0.4, -0.2) is 23.3 Å². The standard InChI is InChI=1S/C21H17N3O6/c25-19(12-10-16-11-13-21(30-16)24(27)28)22-23-20(26)14-29-18-9-5-4-8-17(18)15-6-2-1-3-7-15/h1-13H,14H2,(H,22,25)(H,23,26)/b12-10+. The second-order valence-corrected chi connectivity index (χ2v) is 5.95. The number of hydrogen-bond donors (Lipinski definition) is 2. The smallest absolute Gasteiger partial charge is 0.433 e. The van der Waals surface area contributed by atoms with Crippen LogP contribution >= 0.6 is 0 Å². The molecule has 1 aromatic heterocycles. The minimum atomic E-state index is -0.687. The number of ether oxygens (including phenoxy) is 1. The molecule has 0 aliphatic heterocycles. The first kappa shape index (κ1) is 20.3. The number of hydrogen-bond acceptors (Lipinski definition) is 6. The molecule has 0 fully saturated rings. The zero-order valence-corrected chi connectivity index (χ0v) is 15.6. The average Bonchev–Trinajstić information content (AvgIpc) is 3.25. The van der Waals surface area contributed by atoms with Gasteiger partial charge in [0, 0.05) is 11.6 Å². The van der Waals surface area contributed by atoms with Crippen molar-refractivity contribution in [1.29, 1.82) is 0 Å². The van der Waals surface area contributed by atoms with E-state index in [4.69, 9.17) is 9.15 Å². The maximum absolute atomic E-state index is 12.0. The van der Waals surface area contributed by atoms with Crippen LogP contribution in [0.5, 0.6) is 5.75 Å². The molecular weight excluding hydrogens is 390 g/mol. The van der Waals surface area contributed by atoms with Crippen LogP contribution in [0.4, 0.5) is 5.88 Å². The van der Waals surface area contributed by atoms with Crippen molar-refractivity contribution in [2.45, 2.75) is 0 Å². The molecule has 3 rings (SSSR count). The first-order chi connectivity index (χ1) is 14.5. The Bertz CT molecular complexity index is 1080. The zero-order chi connectivity index (χ0) is 21.3.